The molecule has 2 aromatic rings. The standard InChI is InChI=1S/C19H19ClN4O5S2/c20-15-3-2-14(31(25,26)24-5-7-27-8-6-24)10-16(15)22-19(30)23-21-11-13-1-4-17-18(9-13)29-12-28-17/h1-4,9-11H,5-8,12H2,(H2,22,23,30). The zero-order chi connectivity index (χ0) is 21.8. The van der Waals surface area contributed by atoms with Crippen molar-refractivity contribution in [2.45, 2.75) is 4.90 Å². The van der Waals surface area contributed by atoms with Gasteiger partial charge < -0.3 is 19.5 Å². The molecule has 0 atom stereocenters. The van der Waals surface area contributed by atoms with Crippen LogP contribution in [-0.2, 0) is 14.8 Å². The van der Waals surface area contributed by atoms with Crippen molar-refractivity contribution in [1.82, 2.24) is 9.73 Å². The molecule has 4 rings (SSSR count). The van der Waals surface area contributed by atoms with Gasteiger partial charge in [0.2, 0.25) is 16.8 Å². The molecule has 0 amide bonds. The van der Waals surface area contributed by atoms with E-state index in [0.29, 0.717) is 48.5 Å². The van der Waals surface area contributed by atoms with Crippen LogP contribution < -0.4 is 20.2 Å². The predicted octanol–water partition coefficient (Wildman–Crippen LogP) is 2.41. The van der Waals surface area contributed by atoms with E-state index < -0.39 is 10.0 Å². The average Bonchev–Trinajstić information content (AvgIpc) is 3.24. The van der Waals surface area contributed by atoms with Crippen molar-refractivity contribution < 1.29 is 22.6 Å². The summed E-state index contributed by atoms with van der Waals surface area (Å²) in [5.41, 5.74) is 3.82. The zero-order valence-electron chi connectivity index (χ0n) is 16.2. The number of hydrazone groups is 1. The average molecular weight is 483 g/mol. The first-order valence-corrected chi connectivity index (χ1v) is 11.5. The Morgan fingerprint density at radius 2 is 1.90 bits per heavy atom. The third kappa shape index (κ3) is 5.08. The molecule has 2 aromatic carbocycles. The molecule has 9 nitrogen and oxygen atoms in total. The molecule has 0 radical (unpaired) electrons. The Morgan fingerprint density at radius 3 is 2.71 bits per heavy atom. The van der Waals surface area contributed by atoms with Crippen molar-refractivity contribution in [2.75, 3.05) is 38.4 Å². The minimum absolute atomic E-state index is 0.118. The smallest absolute Gasteiger partial charge is 0.243 e. The molecule has 2 aliphatic rings. The Balaban J connectivity index is 1.41. The van der Waals surface area contributed by atoms with E-state index in [4.69, 9.17) is 38.0 Å². The third-order valence-corrected chi connectivity index (χ3v) is 6.99. The number of rotatable bonds is 5. The molecule has 2 N–H and O–H groups in total. The number of benzene rings is 2. The second-order valence-corrected chi connectivity index (χ2v) is 9.35. The van der Waals surface area contributed by atoms with Crippen LogP contribution in [0.2, 0.25) is 5.02 Å². The number of hydrogen-bond donors (Lipinski definition) is 2. The minimum atomic E-state index is -3.66. The number of halogens is 1. The van der Waals surface area contributed by atoms with Crippen LogP contribution in [0.1, 0.15) is 5.56 Å². The lowest BCUT2D eigenvalue weighted by Gasteiger charge is -2.26. The van der Waals surface area contributed by atoms with Crippen molar-refractivity contribution in [1.29, 1.82) is 0 Å². The molecular formula is C19H19ClN4O5S2. The molecule has 1 saturated heterocycles. The van der Waals surface area contributed by atoms with Crippen LogP contribution in [0.3, 0.4) is 0 Å². The third-order valence-electron chi connectivity index (χ3n) is 4.57. The van der Waals surface area contributed by atoms with E-state index in [9.17, 15) is 8.42 Å². The maximum Gasteiger partial charge on any atom is 0.243 e. The molecule has 0 spiro atoms. The second-order valence-electron chi connectivity index (χ2n) is 6.59. The Hall–Kier alpha value is -2.44. The monoisotopic (exact) mass is 482 g/mol. The van der Waals surface area contributed by atoms with Crippen molar-refractivity contribution in [3.05, 3.63) is 47.0 Å². The van der Waals surface area contributed by atoms with Gasteiger partial charge in [-0.2, -0.15) is 9.41 Å². The summed E-state index contributed by atoms with van der Waals surface area (Å²) in [5.74, 6) is 1.33. The summed E-state index contributed by atoms with van der Waals surface area (Å²) in [4.78, 5) is 0.118. The van der Waals surface area contributed by atoms with Crippen LogP contribution in [0, 0.1) is 0 Å². The number of ether oxygens (including phenoxy) is 3. The van der Waals surface area contributed by atoms with Gasteiger partial charge in [0.25, 0.3) is 0 Å². The summed E-state index contributed by atoms with van der Waals surface area (Å²) in [6, 6.07) is 9.83. The fraction of sp³-hybridized carbons (Fsp3) is 0.263. The molecule has 164 valence electrons. The van der Waals surface area contributed by atoms with Gasteiger partial charge in [-0.3, -0.25) is 5.43 Å². The number of morpholine rings is 1. The lowest BCUT2D eigenvalue weighted by molar-refractivity contribution is 0.0730. The zero-order valence-corrected chi connectivity index (χ0v) is 18.6. The first kappa shape index (κ1) is 21.8. The van der Waals surface area contributed by atoms with Crippen LogP contribution in [0.25, 0.3) is 0 Å². The quantitative estimate of drug-likeness (QED) is 0.380. The number of hydrogen-bond acceptors (Lipinski definition) is 7. The lowest BCUT2D eigenvalue weighted by atomic mass is 10.2. The summed E-state index contributed by atoms with van der Waals surface area (Å²) < 4.78 is 42.9. The van der Waals surface area contributed by atoms with E-state index in [2.05, 4.69) is 15.8 Å². The highest BCUT2D eigenvalue weighted by Crippen LogP contribution is 2.32. The maximum absolute atomic E-state index is 12.9. The van der Waals surface area contributed by atoms with Gasteiger partial charge in [-0.1, -0.05) is 11.6 Å². The van der Waals surface area contributed by atoms with Crippen LogP contribution in [0.4, 0.5) is 5.69 Å². The molecule has 0 aromatic heterocycles. The normalized spacial score (nSPS) is 16.4. The molecule has 2 heterocycles. The van der Waals surface area contributed by atoms with Crippen LogP contribution in [-0.4, -0.2) is 57.1 Å². The van der Waals surface area contributed by atoms with E-state index in [0.717, 1.165) is 5.56 Å². The van der Waals surface area contributed by atoms with Gasteiger partial charge in [0, 0.05) is 13.1 Å². The van der Waals surface area contributed by atoms with Gasteiger partial charge in [-0.25, -0.2) is 8.42 Å². The van der Waals surface area contributed by atoms with E-state index in [1.807, 2.05) is 6.07 Å². The lowest BCUT2D eigenvalue weighted by Crippen LogP contribution is -2.40. The number of nitrogens with zero attached hydrogens (tertiary/aromatic N) is 2. The number of nitrogens with one attached hydrogen (secondary N) is 2. The van der Waals surface area contributed by atoms with Gasteiger partial charge in [-0.15, -0.1) is 0 Å². The Bertz CT molecular complexity index is 1120. The number of fused-ring (bicyclic) bond motifs is 1. The summed E-state index contributed by atoms with van der Waals surface area (Å²) in [7, 11) is -3.66. The number of sulfonamides is 1. The number of anilines is 1. The summed E-state index contributed by atoms with van der Waals surface area (Å²) in [6.07, 6.45) is 1.57. The Labute approximate surface area is 190 Å². The predicted molar refractivity (Wildman–Crippen MR) is 121 cm³/mol. The molecule has 0 unspecified atom stereocenters. The van der Waals surface area contributed by atoms with E-state index >= 15 is 0 Å². The SMILES string of the molecule is O=S(=O)(c1ccc(Cl)c(NC(=S)NN=Cc2ccc3c(c2)OCO3)c1)N1CCOCC1. The van der Waals surface area contributed by atoms with Gasteiger partial charge >= 0.3 is 0 Å². The molecule has 0 aliphatic carbocycles. The molecule has 1 fully saturated rings. The summed E-state index contributed by atoms with van der Waals surface area (Å²) in [5, 5.41) is 7.43. The first-order valence-electron chi connectivity index (χ1n) is 9.31. The van der Waals surface area contributed by atoms with Gasteiger partial charge in [0.05, 0.1) is 35.0 Å². The van der Waals surface area contributed by atoms with Crippen LogP contribution in [0.5, 0.6) is 11.5 Å². The van der Waals surface area contributed by atoms with Crippen molar-refractivity contribution >= 4 is 50.9 Å². The second kappa shape index (κ2) is 9.37. The van der Waals surface area contributed by atoms with E-state index in [1.54, 1.807) is 18.3 Å². The molecular weight excluding hydrogens is 464 g/mol. The van der Waals surface area contributed by atoms with Crippen molar-refractivity contribution in [3.63, 3.8) is 0 Å². The topological polar surface area (TPSA) is 101 Å². The molecule has 12 heteroatoms. The molecule has 31 heavy (non-hydrogen) atoms. The van der Waals surface area contributed by atoms with E-state index in [1.165, 1.54) is 22.5 Å². The molecule has 0 saturated carbocycles. The summed E-state index contributed by atoms with van der Waals surface area (Å²) in [6.45, 7) is 1.55. The van der Waals surface area contributed by atoms with Gasteiger partial charge in [0.15, 0.2) is 16.6 Å². The fourth-order valence-corrected chi connectivity index (χ4v) is 4.77. The largest absolute Gasteiger partial charge is 0.454 e. The molecule has 2 aliphatic heterocycles. The number of thiocarbonyl (C=S) groups is 1. The maximum atomic E-state index is 12.9. The fourth-order valence-electron chi connectivity index (χ4n) is 3.01. The Morgan fingerprint density at radius 1 is 1.13 bits per heavy atom. The van der Waals surface area contributed by atoms with Crippen molar-refractivity contribution in [2.24, 2.45) is 5.10 Å². The highest BCUT2D eigenvalue weighted by atomic mass is 35.5. The minimum Gasteiger partial charge on any atom is -0.454 e. The van der Waals surface area contributed by atoms with Crippen molar-refractivity contribution in [3.8, 4) is 11.5 Å². The van der Waals surface area contributed by atoms with Gasteiger partial charge in [-0.05, 0) is 54.2 Å². The highest BCUT2D eigenvalue weighted by Gasteiger charge is 2.27. The van der Waals surface area contributed by atoms with Crippen LogP contribution >= 0.6 is 23.8 Å². The van der Waals surface area contributed by atoms with E-state index in [-0.39, 0.29) is 16.8 Å². The van der Waals surface area contributed by atoms with Gasteiger partial charge in [0.1, 0.15) is 0 Å². The first-order chi connectivity index (χ1) is 14.9. The Kier molecular flexibility index (Phi) is 6.58. The highest BCUT2D eigenvalue weighted by molar-refractivity contribution is 7.89. The summed E-state index contributed by atoms with van der Waals surface area (Å²) >= 11 is 11.5. The molecule has 0 bridgehead atoms. The van der Waals surface area contributed by atoms with Crippen LogP contribution in [0.15, 0.2) is 46.4 Å².